The van der Waals surface area contributed by atoms with Gasteiger partial charge in [-0.25, -0.2) is 0 Å². The zero-order valence-corrected chi connectivity index (χ0v) is 7.95. The van der Waals surface area contributed by atoms with Crippen molar-refractivity contribution in [2.24, 2.45) is 11.7 Å². The summed E-state index contributed by atoms with van der Waals surface area (Å²) < 4.78 is 0. The molecule has 0 unspecified atom stereocenters. The van der Waals surface area contributed by atoms with Crippen molar-refractivity contribution in [3.63, 3.8) is 0 Å². The van der Waals surface area contributed by atoms with Gasteiger partial charge in [-0.15, -0.1) is 0 Å². The van der Waals surface area contributed by atoms with Crippen molar-refractivity contribution in [3.05, 3.63) is 35.9 Å². The largest absolute Gasteiger partial charge is 0.330 e. The molecule has 1 aliphatic carbocycles. The Morgan fingerprint density at radius 3 is 2.46 bits per heavy atom. The van der Waals surface area contributed by atoms with E-state index in [1.54, 1.807) is 0 Å². The normalized spacial score (nSPS) is 18.5. The third-order valence-corrected chi connectivity index (χ3v) is 2.90. The number of rotatable bonds is 4. The molecule has 0 amide bonds. The van der Waals surface area contributed by atoms with Crippen LogP contribution in [-0.2, 0) is 0 Å². The van der Waals surface area contributed by atoms with E-state index in [1.807, 2.05) is 0 Å². The van der Waals surface area contributed by atoms with Crippen LogP contribution in [0.5, 0.6) is 0 Å². The smallest absolute Gasteiger partial charge is 0.00713 e. The first kappa shape index (κ1) is 8.76. The molecule has 1 fully saturated rings. The monoisotopic (exact) mass is 175 g/mol. The first-order chi connectivity index (χ1) is 6.42. The van der Waals surface area contributed by atoms with Gasteiger partial charge in [0.15, 0.2) is 0 Å². The van der Waals surface area contributed by atoms with Crippen LogP contribution in [0, 0.1) is 5.92 Å². The summed E-state index contributed by atoms with van der Waals surface area (Å²) in [6.45, 7) is 0.816. The van der Waals surface area contributed by atoms with Crippen LogP contribution >= 0.6 is 0 Å². The third-order valence-electron chi connectivity index (χ3n) is 2.90. The standard InChI is InChI=1S/C12H17N/c13-9-8-12(11-6-7-11)10-4-2-1-3-5-10/h1-5,11-12H,6-9,13H2/t12-/m0/s1. The highest BCUT2D eigenvalue weighted by molar-refractivity contribution is 5.21. The van der Waals surface area contributed by atoms with Gasteiger partial charge < -0.3 is 5.73 Å². The van der Waals surface area contributed by atoms with E-state index in [4.69, 9.17) is 5.73 Å². The fraction of sp³-hybridized carbons (Fsp3) is 0.500. The van der Waals surface area contributed by atoms with Crippen molar-refractivity contribution in [1.29, 1.82) is 0 Å². The molecular weight excluding hydrogens is 158 g/mol. The number of nitrogens with two attached hydrogens (primary N) is 1. The second-order valence-electron chi connectivity index (χ2n) is 3.93. The van der Waals surface area contributed by atoms with Gasteiger partial charge in [0, 0.05) is 0 Å². The third kappa shape index (κ3) is 2.10. The summed E-state index contributed by atoms with van der Waals surface area (Å²) in [5.74, 6) is 1.65. The molecule has 1 saturated carbocycles. The zero-order valence-electron chi connectivity index (χ0n) is 7.95. The predicted octanol–water partition coefficient (Wildman–Crippen LogP) is 2.53. The van der Waals surface area contributed by atoms with Gasteiger partial charge in [0.2, 0.25) is 0 Å². The van der Waals surface area contributed by atoms with Crippen LogP contribution < -0.4 is 5.73 Å². The highest BCUT2D eigenvalue weighted by Gasteiger charge is 2.31. The molecule has 0 saturated heterocycles. The summed E-state index contributed by atoms with van der Waals surface area (Å²) in [7, 11) is 0. The van der Waals surface area contributed by atoms with E-state index in [0.717, 1.165) is 24.8 Å². The summed E-state index contributed by atoms with van der Waals surface area (Å²) in [5, 5.41) is 0. The maximum atomic E-state index is 5.63. The molecule has 1 atom stereocenters. The molecule has 0 aromatic heterocycles. The second kappa shape index (κ2) is 3.93. The molecule has 1 aromatic carbocycles. The van der Waals surface area contributed by atoms with Crippen LogP contribution in [0.1, 0.15) is 30.7 Å². The molecule has 1 aromatic rings. The Morgan fingerprint density at radius 1 is 1.23 bits per heavy atom. The molecule has 0 heterocycles. The van der Waals surface area contributed by atoms with Crippen LogP contribution in [0.2, 0.25) is 0 Å². The highest BCUT2D eigenvalue weighted by Crippen LogP contribution is 2.44. The molecule has 0 bridgehead atoms. The van der Waals surface area contributed by atoms with E-state index < -0.39 is 0 Å². The van der Waals surface area contributed by atoms with E-state index in [1.165, 1.54) is 18.4 Å². The van der Waals surface area contributed by atoms with Gasteiger partial charge in [-0.2, -0.15) is 0 Å². The van der Waals surface area contributed by atoms with Crippen molar-refractivity contribution in [2.75, 3.05) is 6.54 Å². The Balaban J connectivity index is 2.10. The fourth-order valence-corrected chi connectivity index (χ4v) is 2.05. The van der Waals surface area contributed by atoms with Gasteiger partial charge in [0.05, 0.1) is 0 Å². The van der Waals surface area contributed by atoms with Gasteiger partial charge >= 0.3 is 0 Å². The van der Waals surface area contributed by atoms with Crippen LogP contribution in [0.3, 0.4) is 0 Å². The Morgan fingerprint density at radius 2 is 1.92 bits per heavy atom. The Hall–Kier alpha value is -0.820. The van der Waals surface area contributed by atoms with Crippen LogP contribution in [0.25, 0.3) is 0 Å². The Labute approximate surface area is 80.0 Å². The highest BCUT2D eigenvalue weighted by atomic mass is 14.5. The van der Waals surface area contributed by atoms with Crippen LogP contribution in [-0.4, -0.2) is 6.54 Å². The number of hydrogen-bond acceptors (Lipinski definition) is 1. The summed E-state index contributed by atoms with van der Waals surface area (Å²) in [6, 6.07) is 10.8. The fourth-order valence-electron chi connectivity index (χ4n) is 2.05. The van der Waals surface area contributed by atoms with Gasteiger partial charge in [-0.3, -0.25) is 0 Å². The van der Waals surface area contributed by atoms with Crippen LogP contribution in [0.15, 0.2) is 30.3 Å². The van der Waals surface area contributed by atoms with E-state index in [-0.39, 0.29) is 0 Å². The maximum absolute atomic E-state index is 5.63. The van der Waals surface area contributed by atoms with Gasteiger partial charge in [-0.1, -0.05) is 30.3 Å². The lowest BCUT2D eigenvalue weighted by Gasteiger charge is -2.15. The SMILES string of the molecule is NCC[C@@H](c1ccccc1)C1CC1. The Bertz CT molecular complexity index is 251. The van der Waals surface area contributed by atoms with Gasteiger partial charge in [0.25, 0.3) is 0 Å². The van der Waals surface area contributed by atoms with Gasteiger partial charge in [-0.05, 0) is 43.2 Å². The number of hydrogen-bond donors (Lipinski definition) is 1. The molecule has 2 rings (SSSR count). The molecule has 1 aliphatic rings. The van der Waals surface area contributed by atoms with Crippen LogP contribution in [0.4, 0.5) is 0 Å². The molecule has 13 heavy (non-hydrogen) atoms. The van der Waals surface area contributed by atoms with Crippen molar-refractivity contribution in [3.8, 4) is 0 Å². The summed E-state index contributed by atoms with van der Waals surface area (Å²) in [5.41, 5.74) is 7.11. The molecule has 2 N–H and O–H groups in total. The summed E-state index contributed by atoms with van der Waals surface area (Å²) in [6.07, 6.45) is 3.95. The van der Waals surface area contributed by atoms with Crippen molar-refractivity contribution in [1.82, 2.24) is 0 Å². The minimum atomic E-state index is 0.728. The van der Waals surface area contributed by atoms with E-state index in [0.29, 0.717) is 0 Å². The molecule has 1 heteroatoms. The Kier molecular flexibility index (Phi) is 2.65. The zero-order chi connectivity index (χ0) is 9.10. The lowest BCUT2D eigenvalue weighted by atomic mass is 9.91. The number of benzene rings is 1. The minimum Gasteiger partial charge on any atom is -0.330 e. The first-order valence-electron chi connectivity index (χ1n) is 5.17. The van der Waals surface area contributed by atoms with E-state index in [2.05, 4.69) is 30.3 Å². The molecule has 0 aliphatic heterocycles. The lowest BCUT2D eigenvalue weighted by Crippen LogP contribution is -2.08. The topological polar surface area (TPSA) is 26.0 Å². The average molecular weight is 175 g/mol. The quantitative estimate of drug-likeness (QED) is 0.747. The predicted molar refractivity (Wildman–Crippen MR) is 55.6 cm³/mol. The lowest BCUT2D eigenvalue weighted by molar-refractivity contribution is 0.565. The van der Waals surface area contributed by atoms with E-state index >= 15 is 0 Å². The van der Waals surface area contributed by atoms with Gasteiger partial charge in [0.1, 0.15) is 0 Å². The average Bonchev–Trinajstić information content (AvgIpc) is 2.99. The molecule has 0 radical (unpaired) electrons. The molecule has 70 valence electrons. The van der Waals surface area contributed by atoms with E-state index in [9.17, 15) is 0 Å². The molecule has 1 nitrogen and oxygen atoms in total. The minimum absolute atomic E-state index is 0.728. The summed E-state index contributed by atoms with van der Waals surface area (Å²) >= 11 is 0. The molecule has 0 spiro atoms. The first-order valence-corrected chi connectivity index (χ1v) is 5.17. The van der Waals surface area contributed by atoms with Crippen molar-refractivity contribution < 1.29 is 0 Å². The van der Waals surface area contributed by atoms with Crippen molar-refractivity contribution in [2.45, 2.75) is 25.2 Å². The second-order valence-corrected chi connectivity index (χ2v) is 3.93. The maximum Gasteiger partial charge on any atom is -0.00713 e. The van der Waals surface area contributed by atoms with Crippen molar-refractivity contribution >= 4 is 0 Å². The molecular formula is C12H17N. The summed E-state index contributed by atoms with van der Waals surface area (Å²) in [4.78, 5) is 0.